The summed E-state index contributed by atoms with van der Waals surface area (Å²) in [7, 11) is 0. The van der Waals surface area contributed by atoms with Gasteiger partial charge in [0.1, 0.15) is 11.2 Å². The van der Waals surface area contributed by atoms with Gasteiger partial charge in [-0.15, -0.1) is 0 Å². The van der Waals surface area contributed by atoms with Gasteiger partial charge in [0.05, 0.1) is 0 Å². The van der Waals surface area contributed by atoms with Gasteiger partial charge in [-0.1, -0.05) is 188 Å². The molecule has 57 heavy (non-hydrogen) atoms. The first-order chi connectivity index (χ1) is 28.2. The van der Waals surface area contributed by atoms with Crippen molar-refractivity contribution in [3.8, 4) is 67.5 Å². The van der Waals surface area contributed by atoms with Crippen LogP contribution in [0.25, 0.3) is 111 Å². The second-order valence-corrected chi connectivity index (χ2v) is 14.4. The topological polar surface area (TPSA) is 51.8 Å². The summed E-state index contributed by atoms with van der Waals surface area (Å²) >= 11 is 0. The van der Waals surface area contributed by atoms with Crippen molar-refractivity contribution in [1.82, 2.24) is 15.0 Å². The number of fused-ring (bicyclic) bond motifs is 6. The Morgan fingerprint density at radius 2 is 0.737 bits per heavy atom. The van der Waals surface area contributed by atoms with Crippen LogP contribution >= 0.6 is 0 Å². The van der Waals surface area contributed by atoms with Crippen LogP contribution in [0.3, 0.4) is 0 Å². The first kappa shape index (κ1) is 32.7. The monoisotopic (exact) mass is 727 g/mol. The highest BCUT2D eigenvalue weighted by Gasteiger charge is 2.18. The number of rotatable bonds is 6. The van der Waals surface area contributed by atoms with Crippen molar-refractivity contribution in [3.05, 3.63) is 200 Å². The Labute approximate surface area is 329 Å². The molecule has 0 aliphatic rings. The maximum Gasteiger partial charge on any atom is 0.164 e. The molecule has 0 amide bonds. The molecule has 0 spiro atoms. The lowest BCUT2D eigenvalue weighted by Gasteiger charge is -2.10. The van der Waals surface area contributed by atoms with Crippen molar-refractivity contribution in [3.63, 3.8) is 0 Å². The average Bonchev–Trinajstić information content (AvgIpc) is 3.68. The molecule has 266 valence electrons. The summed E-state index contributed by atoms with van der Waals surface area (Å²) in [6.07, 6.45) is 0. The molecule has 0 saturated carbocycles. The minimum atomic E-state index is 0.625. The van der Waals surface area contributed by atoms with Gasteiger partial charge < -0.3 is 4.42 Å². The zero-order valence-electron chi connectivity index (χ0n) is 30.8. The molecule has 2 aromatic heterocycles. The van der Waals surface area contributed by atoms with E-state index >= 15 is 0 Å². The van der Waals surface area contributed by atoms with E-state index in [4.69, 9.17) is 19.4 Å². The molecule has 0 atom stereocenters. The molecule has 11 rings (SSSR count). The third-order valence-corrected chi connectivity index (χ3v) is 10.9. The Balaban J connectivity index is 0.985. The van der Waals surface area contributed by atoms with Crippen LogP contribution in [0.5, 0.6) is 0 Å². The minimum absolute atomic E-state index is 0.625. The highest BCUT2D eigenvalue weighted by molar-refractivity contribution is 6.20. The molecule has 0 bridgehead atoms. The van der Waals surface area contributed by atoms with Crippen molar-refractivity contribution < 1.29 is 4.42 Å². The van der Waals surface area contributed by atoms with Crippen LogP contribution in [-0.2, 0) is 0 Å². The van der Waals surface area contributed by atoms with Crippen LogP contribution < -0.4 is 0 Å². The fourth-order valence-corrected chi connectivity index (χ4v) is 8.03. The van der Waals surface area contributed by atoms with Gasteiger partial charge in [-0.2, -0.15) is 0 Å². The molecular formula is C53H33N3O. The zero-order chi connectivity index (χ0) is 37.7. The zero-order valence-corrected chi connectivity index (χ0v) is 30.8. The molecule has 0 N–H and O–H groups in total. The predicted octanol–water partition coefficient (Wildman–Crippen LogP) is 14.1. The largest absolute Gasteiger partial charge is 0.455 e. The van der Waals surface area contributed by atoms with Gasteiger partial charge in [0.25, 0.3) is 0 Å². The maximum atomic E-state index is 6.87. The molecule has 4 heteroatoms. The lowest BCUT2D eigenvalue weighted by Crippen LogP contribution is -2.00. The Kier molecular flexibility index (Phi) is 7.78. The minimum Gasteiger partial charge on any atom is -0.455 e. The first-order valence-corrected chi connectivity index (χ1v) is 19.2. The van der Waals surface area contributed by atoms with Crippen LogP contribution in [-0.4, -0.2) is 15.0 Å². The molecule has 0 unspecified atom stereocenters. The highest BCUT2D eigenvalue weighted by atomic mass is 16.3. The van der Waals surface area contributed by atoms with Gasteiger partial charge in [0, 0.05) is 38.4 Å². The third kappa shape index (κ3) is 5.83. The SMILES string of the molecule is c1ccc(-c2nc(-c3ccccc3)nc(-c3ccc(-c4cccc5c4oc4c6ccccc6c(-c6ccc(-c7ccc8ccccc8c7)cc6)cc54)cc3)n2)cc1. The number of hydrogen-bond acceptors (Lipinski definition) is 4. The first-order valence-electron chi connectivity index (χ1n) is 19.2. The Bertz CT molecular complexity index is 3200. The van der Waals surface area contributed by atoms with Crippen molar-refractivity contribution in [1.29, 1.82) is 0 Å². The Hall–Kier alpha value is -7.69. The van der Waals surface area contributed by atoms with E-state index < -0.39 is 0 Å². The van der Waals surface area contributed by atoms with Crippen LogP contribution in [0, 0.1) is 0 Å². The summed E-state index contributed by atoms with van der Waals surface area (Å²) in [4.78, 5) is 14.7. The van der Waals surface area contributed by atoms with Gasteiger partial charge >= 0.3 is 0 Å². The molecule has 0 aliphatic carbocycles. The van der Waals surface area contributed by atoms with Crippen molar-refractivity contribution in [2.75, 3.05) is 0 Å². The Morgan fingerprint density at radius 3 is 1.40 bits per heavy atom. The molecule has 0 aliphatic heterocycles. The van der Waals surface area contributed by atoms with E-state index in [0.29, 0.717) is 17.5 Å². The molecule has 9 aromatic carbocycles. The quantitative estimate of drug-likeness (QED) is 0.171. The molecule has 0 fully saturated rings. The van der Waals surface area contributed by atoms with E-state index in [1.165, 1.54) is 33.0 Å². The van der Waals surface area contributed by atoms with Crippen LogP contribution in [0.1, 0.15) is 0 Å². The lowest BCUT2D eigenvalue weighted by atomic mass is 9.93. The number of hydrogen-bond donors (Lipinski definition) is 0. The standard InChI is InChI=1S/C53H33N3O/c1-3-13-38(14-4-1)51-54-52(39-15-5-2-6-16-39)56-53(55-51)40-29-27-36(28-30-40)43-20-11-21-46-48-33-47(44-18-9-10-19-45(44)50(48)57-49(43)46)37-25-22-35(23-26-37)42-31-24-34-12-7-8-17-41(34)32-42/h1-33H. The lowest BCUT2D eigenvalue weighted by molar-refractivity contribution is 0.674. The van der Waals surface area contributed by atoms with Crippen molar-refractivity contribution in [2.45, 2.75) is 0 Å². The second-order valence-electron chi connectivity index (χ2n) is 14.4. The van der Waals surface area contributed by atoms with Gasteiger partial charge in [-0.25, -0.2) is 15.0 Å². The van der Waals surface area contributed by atoms with Crippen molar-refractivity contribution >= 4 is 43.5 Å². The van der Waals surface area contributed by atoms with Crippen molar-refractivity contribution in [2.24, 2.45) is 0 Å². The van der Waals surface area contributed by atoms with Gasteiger partial charge in [-0.05, 0) is 56.1 Å². The van der Waals surface area contributed by atoms with Gasteiger partial charge in [-0.3, -0.25) is 0 Å². The van der Waals surface area contributed by atoms with Crippen LogP contribution in [0.2, 0.25) is 0 Å². The van der Waals surface area contributed by atoms with Gasteiger partial charge in [0.2, 0.25) is 0 Å². The summed E-state index contributed by atoms with van der Waals surface area (Å²) < 4.78 is 6.87. The average molecular weight is 728 g/mol. The summed E-state index contributed by atoms with van der Waals surface area (Å²) in [5, 5.41) is 6.94. The third-order valence-electron chi connectivity index (χ3n) is 10.9. The van der Waals surface area contributed by atoms with E-state index in [9.17, 15) is 0 Å². The summed E-state index contributed by atoms with van der Waals surface area (Å²) in [5.41, 5.74) is 11.4. The molecule has 0 radical (unpaired) electrons. The number of para-hydroxylation sites is 1. The predicted molar refractivity (Wildman–Crippen MR) is 235 cm³/mol. The smallest absolute Gasteiger partial charge is 0.164 e. The van der Waals surface area contributed by atoms with Crippen LogP contribution in [0.15, 0.2) is 205 Å². The van der Waals surface area contributed by atoms with Crippen LogP contribution in [0.4, 0.5) is 0 Å². The van der Waals surface area contributed by atoms with E-state index in [1.807, 2.05) is 60.7 Å². The summed E-state index contributed by atoms with van der Waals surface area (Å²) in [6.45, 7) is 0. The maximum absolute atomic E-state index is 6.87. The summed E-state index contributed by atoms with van der Waals surface area (Å²) in [5.74, 6) is 1.91. The van der Waals surface area contributed by atoms with E-state index in [1.54, 1.807) is 0 Å². The second kappa shape index (κ2) is 13.6. The molecule has 11 aromatic rings. The number of aromatic nitrogens is 3. The van der Waals surface area contributed by atoms with E-state index in [0.717, 1.165) is 60.5 Å². The Morgan fingerprint density at radius 1 is 0.263 bits per heavy atom. The number of benzene rings is 9. The van der Waals surface area contributed by atoms with E-state index in [-0.39, 0.29) is 0 Å². The molecule has 0 saturated heterocycles. The normalized spacial score (nSPS) is 11.5. The fraction of sp³-hybridized carbons (Fsp3) is 0. The fourth-order valence-electron chi connectivity index (χ4n) is 8.03. The van der Waals surface area contributed by atoms with E-state index in [2.05, 4.69) is 140 Å². The van der Waals surface area contributed by atoms with Gasteiger partial charge in [0.15, 0.2) is 17.5 Å². The highest BCUT2D eigenvalue weighted by Crippen LogP contribution is 2.43. The number of nitrogens with zero attached hydrogens (tertiary/aromatic N) is 3. The number of furan rings is 1. The molecular weight excluding hydrogens is 695 g/mol. The molecule has 4 nitrogen and oxygen atoms in total. The summed E-state index contributed by atoms with van der Waals surface area (Å²) in [6, 6.07) is 70.0. The molecule has 2 heterocycles.